The topological polar surface area (TPSA) is 39.2 Å². The number of nitrogens with zero attached hydrogens (tertiary/aromatic N) is 1. The summed E-state index contributed by atoms with van der Waals surface area (Å²) in [7, 11) is 0. The molecule has 0 fully saturated rings. The third-order valence-corrected chi connectivity index (χ3v) is 2.52. The van der Waals surface area contributed by atoms with E-state index in [0.717, 1.165) is 10.9 Å². The highest BCUT2D eigenvalue weighted by molar-refractivity contribution is 6.67. The maximum absolute atomic E-state index is 11.7. The van der Waals surface area contributed by atoms with Gasteiger partial charge in [0.25, 0.3) is 0 Å². The zero-order valence-electron chi connectivity index (χ0n) is 9.07. The number of benzene rings is 1. The molecule has 94 valence electrons. The molecule has 0 amide bonds. The van der Waals surface area contributed by atoms with Crippen LogP contribution in [0.15, 0.2) is 36.5 Å². The quantitative estimate of drug-likeness (QED) is 0.626. The maximum Gasteiger partial charge on any atom is 0.339 e. The Hall–Kier alpha value is -1.03. The van der Waals surface area contributed by atoms with Crippen molar-refractivity contribution in [3.63, 3.8) is 0 Å². The van der Waals surface area contributed by atoms with Gasteiger partial charge >= 0.3 is 5.97 Å². The SMILES string of the molecule is O=C(OCC(Cl)(Cl)Cl)c1cnc2ccccc2c1. The Bertz CT molecular complexity index is 581. The summed E-state index contributed by atoms with van der Waals surface area (Å²) >= 11 is 16.5. The zero-order valence-corrected chi connectivity index (χ0v) is 11.3. The molecule has 6 heteroatoms. The number of halogens is 3. The number of rotatable bonds is 2. The number of pyridine rings is 1. The molecule has 0 unspecified atom stereocenters. The number of para-hydroxylation sites is 1. The lowest BCUT2D eigenvalue weighted by Crippen LogP contribution is -2.17. The Morgan fingerprint density at radius 3 is 2.72 bits per heavy atom. The summed E-state index contributed by atoms with van der Waals surface area (Å²) in [5.74, 6) is -0.570. The van der Waals surface area contributed by atoms with Crippen LogP contribution in [-0.2, 0) is 4.74 Å². The lowest BCUT2D eigenvalue weighted by molar-refractivity contribution is 0.0512. The van der Waals surface area contributed by atoms with Crippen molar-refractivity contribution in [2.24, 2.45) is 0 Å². The first-order valence-corrected chi connectivity index (χ1v) is 6.18. The van der Waals surface area contributed by atoms with Gasteiger partial charge in [0.05, 0.1) is 11.1 Å². The summed E-state index contributed by atoms with van der Waals surface area (Å²) < 4.78 is 3.26. The number of aromatic nitrogens is 1. The molecule has 0 atom stereocenters. The van der Waals surface area contributed by atoms with Gasteiger partial charge in [0.2, 0.25) is 3.79 Å². The average molecular weight is 305 g/mol. The lowest BCUT2D eigenvalue weighted by Gasteiger charge is -2.11. The number of ether oxygens (including phenoxy) is 1. The Morgan fingerprint density at radius 1 is 1.28 bits per heavy atom. The normalized spacial score (nSPS) is 11.5. The molecule has 0 saturated carbocycles. The fourth-order valence-electron chi connectivity index (χ4n) is 1.41. The molecule has 0 spiro atoms. The molecule has 1 aromatic carbocycles. The van der Waals surface area contributed by atoms with Crippen LogP contribution in [0, 0.1) is 0 Å². The van der Waals surface area contributed by atoms with Crippen molar-refractivity contribution in [1.29, 1.82) is 0 Å². The van der Waals surface area contributed by atoms with Gasteiger partial charge in [-0.3, -0.25) is 4.98 Å². The minimum absolute atomic E-state index is 0.302. The molecule has 2 aromatic rings. The highest BCUT2D eigenvalue weighted by Gasteiger charge is 2.22. The summed E-state index contributed by atoms with van der Waals surface area (Å²) in [6.45, 7) is -0.302. The Labute approximate surface area is 119 Å². The standard InChI is InChI=1S/C12H8Cl3NO2/c13-12(14,15)7-18-11(17)9-5-8-3-1-2-4-10(8)16-6-9/h1-6H,7H2. The third kappa shape index (κ3) is 3.48. The molecule has 18 heavy (non-hydrogen) atoms. The van der Waals surface area contributed by atoms with E-state index in [1.807, 2.05) is 24.3 Å². The number of hydrogen-bond acceptors (Lipinski definition) is 3. The first kappa shape index (κ1) is 13.4. The van der Waals surface area contributed by atoms with Crippen LogP contribution in [-0.4, -0.2) is 21.4 Å². The van der Waals surface area contributed by atoms with Crippen LogP contribution in [0.25, 0.3) is 10.9 Å². The smallest absolute Gasteiger partial charge is 0.339 e. The Balaban J connectivity index is 2.18. The molecular weight excluding hydrogens is 296 g/mol. The van der Waals surface area contributed by atoms with E-state index >= 15 is 0 Å². The van der Waals surface area contributed by atoms with Crippen molar-refractivity contribution < 1.29 is 9.53 Å². The molecule has 2 rings (SSSR count). The molecule has 0 saturated heterocycles. The predicted molar refractivity (Wildman–Crippen MR) is 72.3 cm³/mol. The van der Waals surface area contributed by atoms with Gasteiger partial charge in [-0.1, -0.05) is 53.0 Å². The number of alkyl halides is 3. The summed E-state index contributed by atoms with van der Waals surface area (Å²) in [6.07, 6.45) is 1.43. The van der Waals surface area contributed by atoms with Crippen LogP contribution in [0.3, 0.4) is 0 Å². The molecular formula is C12H8Cl3NO2. The second kappa shape index (κ2) is 5.31. The van der Waals surface area contributed by atoms with Crippen LogP contribution >= 0.6 is 34.8 Å². The Morgan fingerprint density at radius 2 is 2.00 bits per heavy atom. The van der Waals surface area contributed by atoms with Crippen molar-refractivity contribution in [2.45, 2.75) is 3.79 Å². The molecule has 1 aromatic heterocycles. The highest BCUT2D eigenvalue weighted by Crippen LogP contribution is 2.26. The highest BCUT2D eigenvalue weighted by atomic mass is 35.6. The van der Waals surface area contributed by atoms with Crippen molar-refractivity contribution in [2.75, 3.05) is 6.61 Å². The van der Waals surface area contributed by atoms with Gasteiger partial charge in [0.1, 0.15) is 6.61 Å². The molecule has 0 radical (unpaired) electrons. The van der Waals surface area contributed by atoms with Gasteiger partial charge in [-0.05, 0) is 12.1 Å². The van der Waals surface area contributed by atoms with Crippen molar-refractivity contribution in [3.05, 3.63) is 42.1 Å². The molecule has 1 heterocycles. The number of fused-ring (bicyclic) bond motifs is 1. The summed E-state index contributed by atoms with van der Waals surface area (Å²) in [5.41, 5.74) is 1.12. The van der Waals surface area contributed by atoms with E-state index in [9.17, 15) is 4.79 Å². The van der Waals surface area contributed by atoms with Crippen molar-refractivity contribution in [3.8, 4) is 0 Å². The van der Waals surface area contributed by atoms with E-state index in [1.165, 1.54) is 6.20 Å². The molecule has 0 N–H and O–H groups in total. The largest absolute Gasteiger partial charge is 0.457 e. The van der Waals surface area contributed by atoms with E-state index in [-0.39, 0.29) is 6.61 Å². The van der Waals surface area contributed by atoms with Crippen LogP contribution < -0.4 is 0 Å². The third-order valence-electron chi connectivity index (χ3n) is 2.19. The van der Waals surface area contributed by atoms with Crippen molar-refractivity contribution in [1.82, 2.24) is 4.98 Å². The summed E-state index contributed by atoms with van der Waals surface area (Å²) in [6, 6.07) is 9.12. The molecule has 3 nitrogen and oxygen atoms in total. The number of esters is 1. The first-order chi connectivity index (χ1) is 8.46. The summed E-state index contributed by atoms with van der Waals surface area (Å²) in [4.78, 5) is 15.8. The van der Waals surface area contributed by atoms with Gasteiger partial charge in [-0.15, -0.1) is 0 Å². The van der Waals surface area contributed by atoms with Gasteiger partial charge in [0.15, 0.2) is 0 Å². The fourth-order valence-corrected chi connectivity index (χ4v) is 1.58. The molecule has 0 aliphatic heterocycles. The maximum atomic E-state index is 11.7. The second-order valence-electron chi connectivity index (χ2n) is 3.61. The van der Waals surface area contributed by atoms with Gasteiger partial charge in [-0.25, -0.2) is 4.79 Å². The van der Waals surface area contributed by atoms with Crippen LogP contribution in [0.2, 0.25) is 0 Å². The Kier molecular flexibility index (Phi) is 3.95. The van der Waals surface area contributed by atoms with E-state index in [1.54, 1.807) is 6.07 Å². The summed E-state index contributed by atoms with van der Waals surface area (Å²) in [5, 5.41) is 0.848. The van der Waals surface area contributed by atoms with Crippen LogP contribution in [0.1, 0.15) is 10.4 Å². The van der Waals surface area contributed by atoms with E-state index in [0.29, 0.717) is 5.56 Å². The molecule has 0 aliphatic rings. The minimum atomic E-state index is -1.61. The number of hydrogen-bond donors (Lipinski definition) is 0. The second-order valence-corrected chi connectivity index (χ2v) is 6.12. The first-order valence-electron chi connectivity index (χ1n) is 5.04. The predicted octanol–water partition coefficient (Wildman–Crippen LogP) is 3.76. The number of carbonyl (C=O) groups is 1. The van der Waals surface area contributed by atoms with Gasteiger partial charge in [0, 0.05) is 11.6 Å². The number of carbonyl (C=O) groups excluding carboxylic acids is 1. The molecule has 0 bridgehead atoms. The van der Waals surface area contributed by atoms with Crippen molar-refractivity contribution >= 4 is 51.7 Å². The fraction of sp³-hybridized carbons (Fsp3) is 0.167. The van der Waals surface area contributed by atoms with E-state index in [2.05, 4.69) is 4.98 Å². The zero-order chi connectivity index (χ0) is 13.2. The minimum Gasteiger partial charge on any atom is -0.457 e. The van der Waals surface area contributed by atoms with Crippen LogP contribution in [0.5, 0.6) is 0 Å². The molecule has 0 aliphatic carbocycles. The average Bonchev–Trinajstić information content (AvgIpc) is 2.34. The van der Waals surface area contributed by atoms with E-state index < -0.39 is 9.76 Å². The van der Waals surface area contributed by atoms with Gasteiger partial charge in [-0.2, -0.15) is 0 Å². The monoisotopic (exact) mass is 303 g/mol. The lowest BCUT2D eigenvalue weighted by atomic mass is 10.1. The van der Waals surface area contributed by atoms with Crippen LogP contribution in [0.4, 0.5) is 0 Å². The van der Waals surface area contributed by atoms with E-state index in [4.69, 9.17) is 39.5 Å². The van der Waals surface area contributed by atoms with Gasteiger partial charge < -0.3 is 4.74 Å².